The standard InChI is InChI=1S/C25H49ClO2.C3H9N/c1-3-5-6-7-8-9-10-11-12-13-14-15-16-17-18-19-20-21-22-23-24(27)25(26,28)4-2;1-4(2)3/h28H,3-23H2,1-2H3;1-3H3. The zero-order valence-corrected chi connectivity index (χ0v) is 23.3. The highest BCUT2D eigenvalue weighted by Gasteiger charge is 2.29. The molecule has 1 atom stereocenters. The van der Waals surface area contributed by atoms with Crippen LogP contribution in [-0.4, -0.2) is 42.0 Å². The third kappa shape index (κ3) is 27.9. The summed E-state index contributed by atoms with van der Waals surface area (Å²) >= 11 is 5.76. The van der Waals surface area contributed by atoms with E-state index in [1.54, 1.807) is 6.92 Å². The lowest BCUT2D eigenvalue weighted by Crippen LogP contribution is -2.31. The van der Waals surface area contributed by atoms with E-state index in [-0.39, 0.29) is 12.2 Å². The van der Waals surface area contributed by atoms with Crippen LogP contribution in [0.1, 0.15) is 149 Å². The third-order valence-corrected chi connectivity index (χ3v) is 6.38. The molecule has 0 aromatic rings. The molecule has 0 radical (unpaired) electrons. The van der Waals surface area contributed by atoms with Crippen molar-refractivity contribution in [3.05, 3.63) is 0 Å². The van der Waals surface area contributed by atoms with E-state index in [1.165, 1.54) is 109 Å². The molecule has 0 saturated carbocycles. The molecule has 0 aromatic carbocycles. The number of alkyl halides is 1. The molecule has 3 nitrogen and oxygen atoms in total. The molecule has 1 unspecified atom stereocenters. The molecule has 0 amide bonds. The van der Waals surface area contributed by atoms with E-state index < -0.39 is 5.06 Å². The van der Waals surface area contributed by atoms with Gasteiger partial charge in [0.25, 0.3) is 0 Å². The summed E-state index contributed by atoms with van der Waals surface area (Å²) in [4.78, 5) is 13.7. The van der Waals surface area contributed by atoms with Crippen molar-refractivity contribution in [1.29, 1.82) is 0 Å². The van der Waals surface area contributed by atoms with Crippen molar-refractivity contribution in [1.82, 2.24) is 4.90 Å². The van der Waals surface area contributed by atoms with Gasteiger partial charge in [-0.2, -0.15) is 0 Å². The maximum Gasteiger partial charge on any atom is 0.197 e. The van der Waals surface area contributed by atoms with Crippen LogP contribution in [0.15, 0.2) is 0 Å². The number of nitrogens with zero attached hydrogens (tertiary/aromatic N) is 1. The van der Waals surface area contributed by atoms with Crippen LogP contribution in [0.5, 0.6) is 0 Å². The second kappa shape index (κ2) is 25.5. The fourth-order valence-corrected chi connectivity index (χ4v) is 3.85. The lowest BCUT2D eigenvalue weighted by molar-refractivity contribution is -0.130. The Labute approximate surface area is 207 Å². The van der Waals surface area contributed by atoms with Crippen molar-refractivity contribution >= 4 is 17.4 Å². The number of Topliss-reactive ketones (excluding diaryl/α,β-unsaturated/α-hetero) is 1. The van der Waals surface area contributed by atoms with Gasteiger partial charge in [-0.1, -0.05) is 141 Å². The van der Waals surface area contributed by atoms with Gasteiger partial charge in [-0.25, -0.2) is 0 Å². The number of hydrogen-bond acceptors (Lipinski definition) is 3. The fraction of sp³-hybridized carbons (Fsp3) is 0.964. The predicted octanol–water partition coefficient (Wildman–Crippen LogP) is 8.89. The molecule has 0 aliphatic heterocycles. The molecule has 0 aromatic heterocycles. The number of rotatable bonds is 22. The van der Waals surface area contributed by atoms with E-state index >= 15 is 0 Å². The van der Waals surface area contributed by atoms with Crippen molar-refractivity contribution in [2.45, 2.75) is 154 Å². The van der Waals surface area contributed by atoms with Crippen molar-refractivity contribution in [2.24, 2.45) is 0 Å². The Morgan fingerprint density at radius 1 is 0.625 bits per heavy atom. The molecule has 194 valence electrons. The van der Waals surface area contributed by atoms with Gasteiger partial charge < -0.3 is 10.0 Å². The highest BCUT2D eigenvalue weighted by atomic mass is 35.5. The molecule has 0 bridgehead atoms. The Hall–Kier alpha value is -0.120. The third-order valence-electron chi connectivity index (χ3n) is 5.90. The smallest absolute Gasteiger partial charge is 0.197 e. The van der Waals surface area contributed by atoms with Crippen LogP contribution in [0.3, 0.4) is 0 Å². The van der Waals surface area contributed by atoms with Gasteiger partial charge in [0, 0.05) is 6.42 Å². The summed E-state index contributed by atoms with van der Waals surface area (Å²) in [5, 5.41) is 8.03. The number of hydrogen-bond donors (Lipinski definition) is 1. The lowest BCUT2D eigenvalue weighted by atomic mass is 10.0. The van der Waals surface area contributed by atoms with Crippen molar-refractivity contribution in [3.8, 4) is 0 Å². The molecule has 0 spiro atoms. The zero-order valence-electron chi connectivity index (χ0n) is 22.5. The van der Waals surface area contributed by atoms with E-state index in [0.717, 1.165) is 12.8 Å². The highest BCUT2D eigenvalue weighted by Crippen LogP contribution is 2.20. The normalized spacial score (nSPS) is 13.0. The Bertz CT molecular complexity index is 383. The molecule has 0 aliphatic rings. The van der Waals surface area contributed by atoms with Crippen molar-refractivity contribution in [2.75, 3.05) is 21.1 Å². The van der Waals surface area contributed by atoms with E-state index in [0.29, 0.717) is 6.42 Å². The first-order valence-electron chi connectivity index (χ1n) is 13.8. The molecule has 1 N–H and O–H groups in total. The summed E-state index contributed by atoms with van der Waals surface area (Å²) < 4.78 is 0. The summed E-state index contributed by atoms with van der Waals surface area (Å²) in [7, 11) is 6.00. The molecule has 32 heavy (non-hydrogen) atoms. The second-order valence-electron chi connectivity index (χ2n) is 9.99. The van der Waals surface area contributed by atoms with E-state index in [2.05, 4.69) is 6.92 Å². The van der Waals surface area contributed by atoms with Gasteiger partial charge in [0.05, 0.1) is 0 Å². The lowest BCUT2D eigenvalue weighted by Gasteiger charge is -2.16. The number of ketones is 1. The highest BCUT2D eigenvalue weighted by molar-refractivity contribution is 6.33. The van der Waals surface area contributed by atoms with Gasteiger partial charge in [0.1, 0.15) is 0 Å². The van der Waals surface area contributed by atoms with Crippen molar-refractivity contribution < 1.29 is 9.90 Å². The van der Waals surface area contributed by atoms with Crippen LogP contribution < -0.4 is 0 Å². The van der Waals surface area contributed by atoms with Crippen LogP contribution in [0.25, 0.3) is 0 Å². The fourth-order valence-electron chi connectivity index (χ4n) is 3.75. The number of unbranched alkanes of at least 4 members (excludes halogenated alkanes) is 18. The maximum atomic E-state index is 11.7. The number of carbonyl (C=O) groups is 1. The van der Waals surface area contributed by atoms with Gasteiger partial charge in [-0.3, -0.25) is 4.79 Å². The second-order valence-corrected chi connectivity index (χ2v) is 10.6. The molecular formula is C28H58ClNO2. The van der Waals surface area contributed by atoms with E-state index in [1.807, 2.05) is 26.0 Å². The SMILES string of the molecule is CCCCCCCCCCCCCCCCCCCCCC(=O)C(O)(Cl)CC.CN(C)C. The summed E-state index contributed by atoms with van der Waals surface area (Å²) in [6, 6.07) is 0. The van der Waals surface area contributed by atoms with Gasteiger partial charge >= 0.3 is 0 Å². The zero-order chi connectivity index (χ0) is 24.5. The van der Waals surface area contributed by atoms with Crippen molar-refractivity contribution in [3.63, 3.8) is 0 Å². The topological polar surface area (TPSA) is 40.5 Å². The average molecular weight is 476 g/mol. The van der Waals surface area contributed by atoms with Crippen LogP contribution in [0.4, 0.5) is 0 Å². The van der Waals surface area contributed by atoms with Crippen LogP contribution >= 0.6 is 11.6 Å². The summed E-state index contributed by atoms with van der Waals surface area (Å²) in [5.41, 5.74) is 0. The summed E-state index contributed by atoms with van der Waals surface area (Å²) in [6.45, 7) is 4.02. The Balaban J connectivity index is 0. The van der Waals surface area contributed by atoms with E-state index in [9.17, 15) is 9.90 Å². The first-order chi connectivity index (χ1) is 15.3. The minimum atomic E-state index is -1.63. The summed E-state index contributed by atoms with van der Waals surface area (Å²) in [6.07, 6.45) is 26.2. The van der Waals surface area contributed by atoms with Gasteiger partial charge in [0.15, 0.2) is 10.8 Å². The molecule has 0 fully saturated rings. The quantitative estimate of drug-likeness (QED) is 0.125. The Kier molecular flexibility index (Phi) is 27.1. The summed E-state index contributed by atoms with van der Waals surface area (Å²) in [5.74, 6) is -0.219. The van der Waals surface area contributed by atoms with Gasteiger partial charge in [-0.05, 0) is 34.0 Å². The molecule has 0 heterocycles. The maximum absolute atomic E-state index is 11.7. The van der Waals surface area contributed by atoms with Gasteiger partial charge in [0.2, 0.25) is 0 Å². The van der Waals surface area contributed by atoms with Gasteiger partial charge in [-0.15, -0.1) is 0 Å². The number of halogens is 1. The average Bonchev–Trinajstić information content (AvgIpc) is 2.74. The minimum Gasteiger partial charge on any atom is -0.369 e. The molecular weight excluding hydrogens is 418 g/mol. The van der Waals surface area contributed by atoms with Crippen LogP contribution in [0.2, 0.25) is 0 Å². The van der Waals surface area contributed by atoms with Crippen LogP contribution in [-0.2, 0) is 4.79 Å². The van der Waals surface area contributed by atoms with Crippen LogP contribution in [0, 0.1) is 0 Å². The first-order valence-corrected chi connectivity index (χ1v) is 14.2. The monoisotopic (exact) mass is 475 g/mol. The number of aliphatic hydroxyl groups is 1. The van der Waals surface area contributed by atoms with E-state index in [4.69, 9.17) is 11.6 Å². The predicted molar refractivity (Wildman–Crippen MR) is 144 cm³/mol. The molecule has 0 saturated heterocycles. The molecule has 4 heteroatoms. The first kappa shape index (κ1) is 34.0. The Morgan fingerprint density at radius 2 is 0.875 bits per heavy atom. The minimum absolute atomic E-state index is 0.219. The molecule has 0 aliphatic carbocycles. The number of carbonyl (C=O) groups excluding carboxylic acids is 1. The molecule has 0 rings (SSSR count). The largest absolute Gasteiger partial charge is 0.369 e. The Morgan fingerprint density at radius 3 is 1.12 bits per heavy atom.